The summed E-state index contributed by atoms with van der Waals surface area (Å²) >= 11 is 4.38. The summed E-state index contributed by atoms with van der Waals surface area (Å²) < 4.78 is 4.73. The van der Waals surface area contributed by atoms with Crippen LogP contribution in [-0.4, -0.2) is 24.3 Å². The van der Waals surface area contributed by atoms with Crippen LogP contribution in [0.3, 0.4) is 0 Å². The third kappa shape index (κ3) is 7.12. The van der Waals surface area contributed by atoms with Crippen LogP contribution in [0.1, 0.15) is 12.8 Å². The summed E-state index contributed by atoms with van der Waals surface area (Å²) in [5.74, 6) is -0.381. The van der Waals surface area contributed by atoms with Gasteiger partial charge in [0.2, 0.25) is 0 Å². The molecule has 0 aromatic carbocycles. The van der Waals surface area contributed by atoms with Gasteiger partial charge in [0.05, 0.1) is 11.8 Å². The fourth-order valence-electron chi connectivity index (χ4n) is 0.570. The van der Waals surface area contributed by atoms with Crippen LogP contribution in [-0.2, 0) is 9.53 Å². The first-order valence-electron chi connectivity index (χ1n) is 3.64. The molecule has 4 heteroatoms. The Morgan fingerprint density at radius 1 is 1.67 bits per heavy atom. The second-order valence-electron chi connectivity index (χ2n) is 2.05. The molecular formula is C8H11NO2S. The van der Waals surface area contributed by atoms with E-state index >= 15 is 0 Å². The summed E-state index contributed by atoms with van der Waals surface area (Å²) in [5.41, 5.74) is 0. The van der Waals surface area contributed by atoms with E-state index < -0.39 is 0 Å². The molecule has 0 saturated carbocycles. The fraction of sp³-hybridized carbons (Fsp3) is 0.500. The van der Waals surface area contributed by atoms with E-state index in [2.05, 4.69) is 29.0 Å². The van der Waals surface area contributed by atoms with Crippen LogP contribution >= 0.6 is 12.2 Å². The van der Waals surface area contributed by atoms with Crippen molar-refractivity contribution in [3.05, 3.63) is 12.7 Å². The summed E-state index contributed by atoms with van der Waals surface area (Å²) in [6.07, 6.45) is 2.79. The van der Waals surface area contributed by atoms with Crippen molar-refractivity contribution in [3.8, 4) is 0 Å². The first kappa shape index (κ1) is 11.0. The lowest BCUT2D eigenvalue weighted by Crippen LogP contribution is -2.01. The van der Waals surface area contributed by atoms with Crippen molar-refractivity contribution in [2.24, 2.45) is 4.99 Å². The number of nitrogens with zero attached hydrogens (tertiary/aromatic N) is 1. The highest BCUT2D eigenvalue weighted by atomic mass is 32.1. The topological polar surface area (TPSA) is 38.7 Å². The lowest BCUT2D eigenvalue weighted by Gasteiger charge is -1.98. The minimum absolute atomic E-state index is 0.381. The van der Waals surface area contributed by atoms with Crippen LogP contribution in [0.4, 0.5) is 0 Å². The number of rotatable bonds is 6. The smallest absolute Gasteiger partial charge is 0.330 e. The molecule has 0 heterocycles. The largest absolute Gasteiger partial charge is 0.463 e. The molecule has 0 aromatic rings. The number of aliphatic imine (C=N–C) groups is 1. The lowest BCUT2D eigenvalue weighted by atomic mass is 10.3. The Labute approximate surface area is 77.1 Å². The van der Waals surface area contributed by atoms with Crippen molar-refractivity contribution in [2.75, 3.05) is 13.2 Å². The summed E-state index contributed by atoms with van der Waals surface area (Å²) in [6.45, 7) is 4.33. The van der Waals surface area contributed by atoms with Crippen molar-refractivity contribution in [1.29, 1.82) is 0 Å². The number of isothiocyanates is 1. The van der Waals surface area contributed by atoms with Gasteiger partial charge in [0, 0.05) is 12.6 Å². The van der Waals surface area contributed by atoms with Crippen LogP contribution in [0.15, 0.2) is 17.6 Å². The maximum absolute atomic E-state index is 10.5. The summed E-state index contributed by atoms with van der Waals surface area (Å²) in [5, 5.41) is 2.26. The monoisotopic (exact) mass is 185 g/mol. The zero-order valence-electron chi connectivity index (χ0n) is 6.78. The predicted molar refractivity (Wildman–Crippen MR) is 50.3 cm³/mol. The van der Waals surface area contributed by atoms with Gasteiger partial charge in [-0.05, 0) is 25.1 Å². The summed E-state index contributed by atoms with van der Waals surface area (Å²) in [4.78, 5) is 14.2. The van der Waals surface area contributed by atoms with Gasteiger partial charge in [-0.1, -0.05) is 6.58 Å². The minimum Gasteiger partial charge on any atom is -0.463 e. The Morgan fingerprint density at radius 3 is 3.00 bits per heavy atom. The number of esters is 1. The van der Waals surface area contributed by atoms with Gasteiger partial charge in [0.25, 0.3) is 0 Å². The predicted octanol–water partition coefficient (Wildman–Crippen LogP) is 1.60. The van der Waals surface area contributed by atoms with E-state index in [1.807, 2.05) is 0 Å². The number of carbonyl (C=O) groups is 1. The van der Waals surface area contributed by atoms with Crippen LogP contribution < -0.4 is 0 Å². The molecule has 0 amide bonds. The average Bonchev–Trinajstić information content (AvgIpc) is 2.10. The number of hydrogen-bond donors (Lipinski definition) is 0. The quantitative estimate of drug-likeness (QED) is 0.207. The maximum atomic E-state index is 10.5. The molecule has 0 saturated heterocycles. The molecule has 0 N–H and O–H groups in total. The van der Waals surface area contributed by atoms with E-state index in [0.717, 1.165) is 18.9 Å². The number of thiocarbonyl (C=S) groups is 1. The van der Waals surface area contributed by atoms with Crippen LogP contribution in [0.2, 0.25) is 0 Å². The molecule has 0 fully saturated rings. The second kappa shape index (κ2) is 8.11. The van der Waals surface area contributed by atoms with Gasteiger partial charge in [0.1, 0.15) is 0 Å². The second-order valence-corrected chi connectivity index (χ2v) is 2.23. The number of hydrogen-bond acceptors (Lipinski definition) is 4. The first-order valence-corrected chi connectivity index (χ1v) is 4.05. The molecule has 0 spiro atoms. The average molecular weight is 185 g/mol. The van der Waals surface area contributed by atoms with Crippen molar-refractivity contribution in [1.82, 2.24) is 0 Å². The van der Waals surface area contributed by atoms with Gasteiger partial charge in [-0.25, -0.2) is 9.79 Å². The third-order valence-electron chi connectivity index (χ3n) is 1.14. The van der Waals surface area contributed by atoms with E-state index in [-0.39, 0.29) is 5.97 Å². The van der Waals surface area contributed by atoms with Crippen molar-refractivity contribution in [2.45, 2.75) is 12.8 Å². The highest BCUT2D eigenvalue weighted by molar-refractivity contribution is 7.78. The normalized spacial score (nSPS) is 8.33. The van der Waals surface area contributed by atoms with Gasteiger partial charge in [0.15, 0.2) is 0 Å². The molecule has 0 unspecified atom stereocenters. The summed E-state index contributed by atoms with van der Waals surface area (Å²) in [7, 11) is 0. The van der Waals surface area contributed by atoms with E-state index in [1.54, 1.807) is 0 Å². The summed E-state index contributed by atoms with van der Waals surface area (Å²) in [6, 6.07) is 0. The van der Waals surface area contributed by atoms with Crippen molar-refractivity contribution >= 4 is 23.3 Å². The Hall–Kier alpha value is -0.990. The molecule has 0 atom stereocenters. The molecule has 0 radical (unpaired) electrons. The standard InChI is InChI=1S/C8H11NO2S/c1-2-8(10)11-6-4-3-5-9-7-12/h2H,1,3-6H2. The van der Waals surface area contributed by atoms with Crippen LogP contribution in [0, 0.1) is 0 Å². The zero-order chi connectivity index (χ0) is 9.23. The molecule has 0 bridgehead atoms. The molecule has 0 aliphatic heterocycles. The molecular weight excluding hydrogens is 174 g/mol. The molecule has 0 aromatic heterocycles. The van der Waals surface area contributed by atoms with E-state index in [0.29, 0.717) is 13.2 Å². The Morgan fingerprint density at radius 2 is 2.42 bits per heavy atom. The van der Waals surface area contributed by atoms with Crippen LogP contribution in [0.5, 0.6) is 0 Å². The molecule has 66 valence electrons. The van der Waals surface area contributed by atoms with E-state index in [1.165, 1.54) is 0 Å². The van der Waals surface area contributed by atoms with Gasteiger partial charge < -0.3 is 4.74 Å². The molecule has 0 aliphatic rings. The Balaban J connectivity index is 3.15. The van der Waals surface area contributed by atoms with Gasteiger partial charge >= 0.3 is 5.97 Å². The Kier molecular flexibility index (Phi) is 7.44. The molecule has 3 nitrogen and oxygen atoms in total. The van der Waals surface area contributed by atoms with Crippen molar-refractivity contribution < 1.29 is 9.53 Å². The minimum atomic E-state index is -0.381. The number of ether oxygens (including phenoxy) is 1. The lowest BCUT2D eigenvalue weighted by molar-refractivity contribution is -0.137. The SMILES string of the molecule is C=CC(=O)OCCCCN=C=S. The van der Waals surface area contributed by atoms with Crippen molar-refractivity contribution in [3.63, 3.8) is 0 Å². The van der Waals surface area contributed by atoms with E-state index in [4.69, 9.17) is 4.74 Å². The zero-order valence-corrected chi connectivity index (χ0v) is 7.60. The maximum Gasteiger partial charge on any atom is 0.330 e. The first-order chi connectivity index (χ1) is 5.81. The Bertz CT molecular complexity index is 197. The fourth-order valence-corrected chi connectivity index (χ4v) is 0.662. The molecule has 0 rings (SSSR count). The van der Waals surface area contributed by atoms with Gasteiger partial charge in [-0.15, -0.1) is 0 Å². The highest BCUT2D eigenvalue weighted by Crippen LogP contribution is 1.91. The van der Waals surface area contributed by atoms with Gasteiger partial charge in [-0.3, -0.25) is 0 Å². The number of carbonyl (C=O) groups excluding carboxylic acids is 1. The highest BCUT2D eigenvalue weighted by Gasteiger charge is 1.93. The van der Waals surface area contributed by atoms with Gasteiger partial charge in [-0.2, -0.15) is 0 Å². The van der Waals surface area contributed by atoms with E-state index in [9.17, 15) is 4.79 Å². The third-order valence-corrected chi connectivity index (χ3v) is 1.27. The van der Waals surface area contributed by atoms with Crippen LogP contribution in [0.25, 0.3) is 0 Å². The molecule has 0 aliphatic carbocycles. The number of unbranched alkanes of at least 4 members (excludes halogenated alkanes) is 1. The molecule has 12 heavy (non-hydrogen) atoms.